The van der Waals surface area contributed by atoms with Gasteiger partial charge in [0.2, 0.25) is 0 Å². The van der Waals surface area contributed by atoms with Crippen LogP contribution in [0, 0.1) is 5.82 Å². The highest BCUT2D eigenvalue weighted by Crippen LogP contribution is 2.33. The summed E-state index contributed by atoms with van der Waals surface area (Å²) in [6.45, 7) is 2.93. The van der Waals surface area contributed by atoms with Crippen molar-refractivity contribution in [3.05, 3.63) is 34.2 Å². The Labute approximate surface area is 102 Å². The molecule has 0 saturated carbocycles. The molecule has 0 radical (unpaired) electrons. The number of benzene rings is 1. The Morgan fingerprint density at radius 1 is 1.31 bits per heavy atom. The lowest BCUT2D eigenvalue weighted by Crippen LogP contribution is -2.30. The lowest BCUT2D eigenvalue weighted by Gasteiger charge is -2.25. The zero-order valence-corrected chi connectivity index (χ0v) is 10.6. The minimum absolute atomic E-state index is 0.176. The Balaban J connectivity index is 2.31. The number of nitrogens with zero attached hydrogens (tertiary/aromatic N) is 2. The maximum absolute atomic E-state index is 13.2. The van der Waals surface area contributed by atoms with Crippen molar-refractivity contribution in [1.29, 1.82) is 0 Å². The summed E-state index contributed by atoms with van der Waals surface area (Å²) >= 11 is 3.59. The Kier molecular flexibility index (Phi) is 2.30. The number of halogens is 2. The Morgan fingerprint density at radius 2 is 2.12 bits per heavy atom. The standard InChI is InChI=1S/C12H12BrFN2/c1-15-4-5-16-10-3-2-8(14)6-9(10)12(13)11(16)7-15/h2-3,6H,4-5,7H2,1H3. The summed E-state index contributed by atoms with van der Waals surface area (Å²) in [5, 5.41) is 0.977. The molecule has 0 fully saturated rings. The second kappa shape index (κ2) is 3.57. The van der Waals surface area contributed by atoms with Crippen LogP contribution < -0.4 is 0 Å². The zero-order valence-electron chi connectivity index (χ0n) is 9.00. The van der Waals surface area contributed by atoms with Gasteiger partial charge in [0.15, 0.2) is 0 Å². The Hall–Kier alpha value is -0.870. The van der Waals surface area contributed by atoms with Crippen LogP contribution in [0.3, 0.4) is 0 Å². The number of hydrogen-bond donors (Lipinski definition) is 0. The quantitative estimate of drug-likeness (QED) is 0.721. The van der Waals surface area contributed by atoms with Crippen molar-refractivity contribution >= 4 is 26.8 Å². The molecule has 4 heteroatoms. The summed E-state index contributed by atoms with van der Waals surface area (Å²) in [5.74, 6) is -0.176. The summed E-state index contributed by atoms with van der Waals surface area (Å²) in [5.41, 5.74) is 2.37. The summed E-state index contributed by atoms with van der Waals surface area (Å²) in [7, 11) is 2.11. The van der Waals surface area contributed by atoms with Gasteiger partial charge >= 0.3 is 0 Å². The molecule has 0 spiro atoms. The monoisotopic (exact) mass is 282 g/mol. The highest BCUT2D eigenvalue weighted by Gasteiger charge is 2.20. The van der Waals surface area contributed by atoms with Gasteiger partial charge in [0.05, 0.1) is 0 Å². The van der Waals surface area contributed by atoms with Gasteiger partial charge in [-0.3, -0.25) is 4.90 Å². The van der Waals surface area contributed by atoms with Gasteiger partial charge in [-0.05, 0) is 41.2 Å². The molecule has 1 aliphatic rings. The van der Waals surface area contributed by atoms with E-state index in [1.807, 2.05) is 6.07 Å². The fourth-order valence-corrected chi connectivity index (χ4v) is 3.01. The van der Waals surface area contributed by atoms with Gasteiger partial charge in [0, 0.05) is 40.7 Å². The Morgan fingerprint density at radius 3 is 2.94 bits per heavy atom. The highest BCUT2D eigenvalue weighted by molar-refractivity contribution is 9.10. The van der Waals surface area contributed by atoms with E-state index in [4.69, 9.17) is 0 Å². The molecule has 0 unspecified atom stereocenters. The summed E-state index contributed by atoms with van der Waals surface area (Å²) in [6.07, 6.45) is 0. The third-order valence-electron chi connectivity index (χ3n) is 3.19. The molecule has 0 aliphatic carbocycles. The average Bonchev–Trinajstić information content (AvgIpc) is 2.53. The van der Waals surface area contributed by atoms with Crippen LogP contribution in [-0.2, 0) is 13.1 Å². The van der Waals surface area contributed by atoms with E-state index in [0.717, 1.165) is 35.0 Å². The molecule has 0 atom stereocenters. The van der Waals surface area contributed by atoms with Gasteiger partial charge in [0.25, 0.3) is 0 Å². The minimum Gasteiger partial charge on any atom is -0.341 e. The smallest absolute Gasteiger partial charge is 0.123 e. The van der Waals surface area contributed by atoms with Crippen LogP contribution in [0.4, 0.5) is 4.39 Å². The van der Waals surface area contributed by atoms with Crippen molar-refractivity contribution in [3.63, 3.8) is 0 Å². The first-order valence-electron chi connectivity index (χ1n) is 5.31. The topological polar surface area (TPSA) is 8.17 Å². The number of likely N-dealkylation sites (N-methyl/N-ethyl adjacent to an activating group) is 1. The molecule has 0 saturated heterocycles. The Bertz CT molecular complexity index is 562. The molecule has 1 aromatic carbocycles. The van der Waals surface area contributed by atoms with Crippen molar-refractivity contribution in [1.82, 2.24) is 9.47 Å². The van der Waals surface area contributed by atoms with Crippen LogP contribution in [0.1, 0.15) is 5.69 Å². The molecule has 1 aliphatic heterocycles. The van der Waals surface area contributed by atoms with Gasteiger partial charge in [-0.25, -0.2) is 4.39 Å². The fourth-order valence-electron chi connectivity index (χ4n) is 2.35. The minimum atomic E-state index is -0.176. The lowest BCUT2D eigenvalue weighted by atomic mass is 10.2. The summed E-state index contributed by atoms with van der Waals surface area (Å²) in [6, 6.07) is 5.00. The fraction of sp³-hybridized carbons (Fsp3) is 0.333. The molecular weight excluding hydrogens is 271 g/mol. The van der Waals surface area contributed by atoms with E-state index in [1.165, 1.54) is 11.8 Å². The molecule has 0 bridgehead atoms. The molecule has 3 rings (SSSR count). The van der Waals surface area contributed by atoms with Crippen LogP contribution in [0.15, 0.2) is 22.7 Å². The van der Waals surface area contributed by atoms with Crippen molar-refractivity contribution in [3.8, 4) is 0 Å². The van der Waals surface area contributed by atoms with Crippen LogP contribution >= 0.6 is 15.9 Å². The predicted molar refractivity (Wildman–Crippen MR) is 65.9 cm³/mol. The van der Waals surface area contributed by atoms with Crippen LogP contribution in [0.2, 0.25) is 0 Å². The normalized spacial score (nSPS) is 16.7. The highest BCUT2D eigenvalue weighted by atomic mass is 79.9. The van der Waals surface area contributed by atoms with Crippen LogP contribution in [-0.4, -0.2) is 23.1 Å². The van der Waals surface area contributed by atoms with E-state index in [9.17, 15) is 4.39 Å². The van der Waals surface area contributed by atoms with E-state index in [0.29, 0.717) is 0 Å². The van der Waals surface area contributed by atoms with Crippen molar-refractivity contribution in [2.75, 3.05) is 13.6 Å². The maximum atomic E-state index is 13.2. The second-order valence-electron chi connectivity index (χ2n) is 4.31. The maximum Gasteiger partial charge on any atom is 0.123 e. The van der Waals surface area contributed by atoms with E-state index >= 15 is 0 Å². The SMILES string of the molecule is CN1CCn2c(c(Br)c3cc(F)ccc32)C1. The average molecular weight is 283 g/mol. The first-order chi connectivity index (χ1) is 7.66. The number of aromatic nitrogens is 1. The molecule has 84 valence electrons. The van der Waals surface area contributed by atoms with E-state index in [2.05, 4.69) is 32.4 Å². The van der Waals surface area contributed by atoms with Gasteiger partial charge in [0.1, 0.15) is 5.82 Å². The third kappa shape index (κ3) is 1.40. The first-order valence-corrected chi connectivity index (χ1v) is 6.11. The van der Waals surface area contributed by atoms with Gasteiger partial charge in [-0.1, -0.05) is 0 Å². The van der Waals surface area contributed by atoms with Gasteiger partial charge in [-0.2, -0.15) is 0 Å². The molecule has 2 nitrogen and oxygen atoms in total. The van der Waals surface area contributed by atoms with Crippen molar-refractivity contribution in [2.24, 2.45) is 0 Å². The molecule has 0 amide bonds. The van der Waals surface area contributed by atoms with Gasteiger partial charge in [-0.15, -0.1) is 0 Å². The first kappa shape index (κ1) is 10.3. The second-order valence-corrected chi connectivity index (χ2v) is 5.10. The molecule has 2 aromatic rings. The number of hydrogen-bond acceptors (Lipinski definition) is 1. The zero-order chi connectivity index (χ0) is 11.3. The third-order valence-corrected chi connectivity index (χ3v) is 4.07. The molecular formula is C12H12BrFN2. The van der Waals surface area contributed by atoms with Crippen LogP contribution in [0.25, 0.3) is 10.9 Å². The van der Waals surface area contributed by atoms with Gasteiger partial charge < -0.3 is 4.57 Å². The van der Waals surface area contributed by atoms with E-state index < -0.39 is 0 Å². The van der Waals surface area contributed by atoms with E-state index in [1.54, 1.807) is 6.07 Å². The van der Waals surface area contributed by atoms with Crippen LogP contribution in [0.5, 0.6) is 0 Å². The van der Waals surface area contributed by atoms with Crippen molar-refractivity contribution < 1.29 is 4.39 Å². The summed E-state index contributed by atoms with van der Waals surface area (Å²) < 4.78 is 16.5. The summed E-state index contributed by atoms with van der Waals surface area (Å²) in [4.78, 5) is 2.27. The molecule has 16 heavy (non-hydrogen) atoms. The largest absolute Gasteiger partial charge is 0.341 e. The molecule has 0 N–H and O–H groups in total. The van der Waals surface area contributed by atoms with E-state index in [-0.39, 0.29) is 5.82 Å². The predicted octanol–water partition coefficient (Wildman–Crippen LogP) is 2.99. The number of fused-ring (bicyclic) bond motifs is 3. The lowest BCUT2D eigenvalue weighted by molar-refractivity contribution is 0.272. The molecule has 1 aromatic heterocycles. The number of rotatable bonds is 0. The molecule has 2 heterocycles. The van der Waals surface area contributed by atoms with Crippen molar-refractivity contribution in [2.45, 2.75) is 13.1 Å².